The molecule has 0 saturated carbocycles. The molecule has 0 aliphatic carbocycles. The molecular formula is C25H25N3O2S. The first-order chi connectivity index (χ1) is 14.9. The highest BCUT2D eigenvalue weighted by Gasteiger charge is 2.23. The lowest BCUT2D eigenvalue weighted by Gasteiger charge is -2.18. The average molecular weight is 432 g/mol. The molecule has 1 unspecified atom stereocenters. The van der Waals surface area contributed by atoms with Gasteiger partial charge < -0.3 is 5.32 Å². The maximum absolute atomic E-state index is 13.5. The number of aromatic nitrogens is 2. The molecule has 1 N–H and O–H groups in total. The third kappa shape index (κ3) is 4.03. The highest BCUT2D eigenvalue weighted by Crippen LogP contribution is 2.32. The molecule has 31 heavy (non-hydrogen) atoms. The van der Waals surface area contributed by atoms with Crippen LogP contribution in [0.3, 0.4) is 0 Å². The van der Waals surface area contributed by atoms with Gasteiger partial charge in [0.05, 0.1) is 11.7 Å². The summed E-state index contributed by atoms with van der Waals surface area (Å²) in [5.41, 5.74) is 5.82. The van der Waals surface area contributed by atoms with Crippen LogP contribution in [0.5, 0.6) is 0 Å². The molecule has 4 aromatic rings. The number of nitrogens with one attached hydrogen (secondary N) is 1. The minimum atomic E-state index is -0.641. The Balaban J connectivity index is 1.76. The third-order valence-corrected chi connectivity index (χ3v) is 6.53. The molecule has 158 valence electrons. The predicted octanol–water partition coefficient (Wildman–Crippen LogP) is 5.64. The van der Waals surface area contributed by atoms with Crippen molar-refractivity contribution in [2.24, 2.45) is 0 Å². The molecule has 4 rings (SSSR count). The molecule has 1 atom stereocenters. The van der Waals surface area contributed by atoms with Crippen LogP contribution in [-0.4, -0.2) is 15.5 Å². The first kappa shape index (κ1) is 21.0. The topological polar surface area (TPSA) is 64.0 Å². The van der Waals surface area contributed by atoms with Gasteiger partial charge in [0.15, 0.2) is 0 Å². The lowest BCUT2D eigenvalue weighted by molar-refractivity contribution is -0.119. The molecule has 2 heterocycles. The van der Waals surface area contributed by atoms with Gasteiger partial charge in [-0.1, -0.05) is 37.3 Å². The lowest BCUT2D eigenvalue weighted by atomic mass is 10.0. The molecule has 1 amide bonds. The highest BCUT2D eigenvalue weighted by atomic mass is 32.1. The van der Waals surface area contributed by atoms with Crippen molar-refractivity contribution >= 4 is 33.1 Å². The molecule has 5 nitrogen and oxygen atoms in total. The van der Waals surface area contributed by atoms with Gasteiger partial charge in [0.2, 0.25) is 5.91 Å². The van der Waals surface area contributed by atoms with E-state index in [-0.39, 0.29) is 11.5 Å². The number of hydrogen-bond acceptors (Lipinski definition) is 4. The van der Waals surface area contributed by atoms with E-state index in [0.717, 1.165) is 22.4 Å². The fourth-order valence-corrected chi connectivity index (χ4v) is 4.65. The lowest BCUT2D eigenvalue weighted by Crippen LogP contribution is -2.33. The van der Waals surface area contributed by atoms with E-state index in [4.69, 9.17) is 0 Å². The molecule has 0 aliphatic heterocycles. The van der Waals surface area contributed by atoms with Gasteiger partial charge in [0.1, 0.15) is 10.9 Å². The van der Waals surface area contributed by atoms with Crippen LogP contribution in [0.25, 0.3) is 21.3 Å². The molecule has 0 aliphatic rings. The fourth-order valence-electron chi connectivity index (χ4n) is 3.75. The van der Waals surface area contributed by atoms with Gasteiger partial charge in [-0.15, -0.1) is 11.3 Å². The van der Waals surface area contributed by atoms with E-state index in [0.29, 0.717) is 16.6 Å². The SMILES string of the molecule is CCC(C(=O)Nc1cccc(C)c1)n1cnc2scc(-c3ccc(C)c(C)c3)c2c1=O. The summed E-state index contributed by atoms with van der Waals surface area (Å²) >= 11 is 1.45. The van der Waals surface area contributed by atoms with Crippen molar-refractivity contribution in [2.75, 3.05) is 5.32 Å². The van der Waals surface area contributed by atoms with E-state index in [1.54, 1.807) is 0 Å². The maximum atomic E-state index is 13.5. The smallest absolute Gasteiger partial charge is 0.263 e. The quantitative estimate of drug-likeness (QED) is 0.445. The number of carbonyl (C=O) groups is 1. The second-order valence-corrected chi connectivity index (χ2v) is 8.73. The summed E-state index contributed by atoms with van der Waals surface area (Å²) in [6.07, 6.45) is 1.98. The van der Waals surface area contributed by atoms with Crippen LogP contribution in [0.15, 0.2) is 59.0 Å². The van der Waals surface area contributed by atoms with Gasteiger partial charge >= 0.3 is 0 Å². The van der Waals surface area contributed by atoms with Gasteiger partial charge in [0.25, 0.3) is 5.56 Å². The van der Waals surface area contributed by atoms with Crippen molar-refractivity contribution in [2.45, 2.75) is 40.2 Å². The zero-order valence-electron chi connectivity index (χ0n) is 18.1. The fraction of sp³-hybridized carbons (Fsp3) is 0.240. The van der Waals surface area contributed by atoms with E-state index >= 15 is 0 Å². The van der Waals surface area contributed by atoms with Gasteiger partial charge in [-0.3, -0.25) is 14.2 Å². The van der Waals surface area contributed by atoms with Gasteiger partial charge in [0, 0.05) is 16.6 Å². The number of fused-ring (bicyclic) bond motifs is 1. The summed E-state index contributed by atoms with van der Waals surface area (Å²) in [7, 11) is 0. The molecule has 6 heteroatoms. The Morgan fingerprint density at radius 3 is 2.65 bits per heavy atom. The average Bonchev–Trinajstić information content (AvgIpc) is 3.17. The summed E-state index contributed by atoms with van der Waals surface area (Å²) in [5.74, 6) is -0.223. The first-order valence-electron chi connectivity index (χ1n) is 10.3. The van der Waals surface area contributed by atoms with Crippen LogP contribution in [0.1, 0.15) is 36.1 Å². The number of amides is 1. The van der Waals surface area contributed by atoms with Crippen molar-refractivity contribution in [3.8, 4) is 11.1 Å². The summed E-state index contributed by atoms with van der Waals surface area (Å²) in [4.78, 5) is 31.7. The minimum Gasteiger partial charge on any atom is -0.324 e. The molecule has 2 aromatic carbocycles. The number of carbonyl (C=O) groups excluding carboxylic acids is 1. The number of benzene rings is 2. The molecular weight excluding hydrogens is 406 g/mol. The molecule has 2 aromatic heterocycles. The van der Waals surface area contributed by atoms with Crippen molar-refractivity contribution < 1.29 is 4.79 Å². The van der Waals surface area contributed by atoms with Crippen molar-refractivity contribution in [1.29, 1.82) is 0 Å². The van der Waals surface area contributed by atoms with Crippen LogP contribution in [-0.2, 0) is 4.79 Å². The molecule has 0 bridgehead atoms. The standard InChI is InChI=1S/C25H25N3O2S/c1-5-21(23(29)27-19-8-6-7-15(2)11-19)28-14-26-24-22(25(28)30)20(13-31-24)18-10-9-16(3)17(4)12-18/h6-14,21H,5H2,1-4H3,(H,27,29). The number of nitrogens with zero attached hydrogens (tertiary/aromatic N) is 2. The second kappa shape index (κ2) is 8.47. The van der Waals surface area contributed by atoms with Crippen LogP contribution in [0, 0.1) is 20.8 Å². The zero-order valence-corrected chi connectivity index (χ0v) is 18.9. The van der Waals surface area contributed by atoms with E-state index in [1.165, 1.54) is 33.4 Å². The minimum absolute atomic E-state index is 0.189. The van der Waals surface area contributed by atoms with Crippen molar-refractivity contribution in [3.05, 3.63) is 81.2 Å². The number of rotatable bonds is 5. The van der Waals surface area contributed by atoms with Crippen LogP contribution in [0.2, 0.25) is 0 Å². The monoisotopic (exact) mass is 431 g/mol. The molecule has 0 radical (unpaired) electrons. The van der Waals surface area contributed by atoms with Crippen molar-refractivity contribution in [1.82, 2.24) is 9.55 Å². The van der Waals surface area contributed by atoms with E-state index in [1.807, 2.05) is 49.6 Å². The van der Waals surface area contributed by atoms with Gasteiger partial charge in [-0.05, 0) is 61.6 Å². The molecule has 0 spiro atoms. The number of thiophene rings is 1. The predicted molar refractivity (Wildman–Crippen MR) is 128 cm³/mol. The van der Waals surface area contributed by atoms with E-state index in [2.05, 4.69) is 36.3 Å². The molecule has 0 saturated heterocycles. The van der Waals surface area contributed by atoms with E-state index < -0.39 is 6.04 Å². The Bertz CT molecular complexity index is 1340. The van der Waals surface area contributed by atoms with Crippen LogP contribution >= 0.6 is 11.3 Å². The Morgan fingerprint density at radius 1 is 1.13 bits per heavy atom. The van der Waals surface area contributed by atoms with Crippen LogP contribution < -0.4 is 10.9 Å². The summed E-state index contributed by atoms with van der Waals surface area (Å²) in [5, 5.41) is 5.48. The summed E-state index contributed by atoms with van der Waals surface area (Å²) < 4.78 is 1.46. The Labute approximate surface area is 185 Å². The summed E-state index contributed by atoms with van der Waals surface area (Å²) in [6.45, 7) is 8.00. The van der Waals surface area contributed by atoms with Gasteiger partial charge in [-0.2, -0.15) is 0 Å². The highest BCUT2D eigenvalue weighted by molar-refractivity contribution is 7.17. The molecule has 0 fully saturated rings. The maximum Gasteiger partial charge on any atom is 0.263 e. The number of aryl methyl sites for hydroxylation is 3. The zero-order chi connectivity index (χ0) is 22.1. The van der Waals surface area contributed by atoms with Gasteiger partial charge in [-0.25, -0.2) is 4.98 Å². The largest absolute Gasteiger partial charge is 0.324 e. The summed E-state index contributed by atoms with van der Waals surface area (Å²) in [6, 6.07) is 13.2. The number of hydrogen-bond donors (Lipinski definition) is 1. The first-order valence-corrected chi connectivity index (χ1v) is 11.2. The Hall–Kier alpha value is -3.25. The Kier molecular flexibility index (Phi) is 5.74. The third-order valence-electron chi connectivity index (χ3n) is 5.65. The number of anilines is 1. The van der Waals surface area contributed by atoms with E-state index in [9.17, 15) is 9.59 Å². The van der Waals surface area contributed by atoms with Crippen molar-refractivity contribution in [3.63, 3.8) is 0 Å². The second-order valence-electron chi connectivity index (χ2n) is 7.87. The Morgan fingerprint density at radius 2 is 1.94 bits per heavy atom. The normalized spacial score (nSPS) is 12.1. The van der Waals surface area contributed by atoms with Crippen LogP contribution in [0.4, 0.5) is 5.69 Å².